The van der Waals surface area contributed by atoms with Crippen molar-refractivity contribution in [2.45, 2.75) is 19.1 Å². The van der Waals surface area contributed by atoms with E-state index in [1.165, 1.54) is 12.7 Å². The third-order valence-corrected chi connectivity index (χ3v) is 6.03. The Morgan fingerprint density at radius 3 is 2.03 bits per heavy atom. The monoisotopic (exact) mass is 428 g/mol. The van der Waals surface area contributed by atoms with Gasteiger partial charge in [-0.2, -0.15) is 0 Å². The van der Waals surface area contributed by atoms with E-state index in [2.05, 4.69) is 29.7 Å². The summed E-state index contributed by atoms with van der Waals surface area (Å²) in [5.74, 6) is 0.961. The van der Waals surface area contributed by atoms with E-state index in [0.29, 0.717) is 24.7 Å². The fourth-order valence-corrected chi connectivity index (χ4v) is 4.31. The number of anilines is 2. The molecule has 1 aliphatic rings. The molecule has 162 valence electrons. The lowest BCUT2D eigenvalue weighted by molar-refractivity contribution is -0.115. The molecule has 4 N–H and O–H groups in total. The standard InChI is InChI=1S/C23H24N8O/c24-22-18-3-1-15(7-20(18)26-13-28-22)9-30-5-6-31(17(11-30)12-32)10-16-2-4-19-21(8-16)27-14-29-23(19)25/h1-4,7-8,12-14,17H,5-6,9-11H2,(H2,24,26,28)(H2,25,27,29). The van der Waals surface area contributed by atoms with Crippen LogP contribution in [0.4, 0.5) is 11.6 Å². The first-order chi connectivity index (χ1) is 15.6. The van der Waals surface area contributed by atoms with Crippen molar-refractivity contribution in [1.29, 1.82) is 0 Å². The molecule has 0 radical (unpaired) electrons. The van der Waals surface area contributed by atoms with Crippen LogP contribution in [-0.4, -0.2) is 61.7 Å². The molecule has 0 bridgehead atoms. The van der Waals surface area contributed by atoms with Crippen LogP contribution in [-0.2, 0) is 17.9 Å². The lowest BCUT2D eigenvalue weighted by atomic mass is 10.1. The van der Waals surface area contributed by atoms with E-state index < -0.39 is 0 Å². The number of piperazine rings is 1. The molecule has 4 aromatic rings. The van der Waals surface area contributed by atoms with E-state index >= 15 is 0 Å². The van der Waals surface area contributed by atoms with Gasteiger partial charge in [0.15, 0.2) is 0 Å². The largest absolute Gasteiger partial charge is 0.383 e. The maximum absolute atomic E-state index is 11.9. The van der Waals surface area contributed by atoms with E-state index in [1.807, 2.05) is 36.4 Å². The van der Waals surface area contributed by atoms with Gasteiger partial charge in [0.25, 0.3) is 0 Å². The van der Waals surface area contributed by atoms with E-state index in [1.54, 1.807) is 0 Å². The maximum Gasteiger partial charge on any atom is 0.138 e. The first-order valence-electron chi connectivity index (χ1n) is 10.5. The molecule has 9 nitrogen and oxygen atoms in total. The summed E-state index contributed by atoms with van der Waals surface area (Å²) in [7, 11) is 0. The Labute approximate surface area is 185 Å². The molecule has 32 heavy (non-hydrogen) atoms. The minimum absolute atomic E-state index is 0.173. The predicted octanol–water partition coefficient (Wildman–Crippen LogP) is 1.62. The number of hydrogen-bond acceptors (Lipinski definition) is 9. The van der Waals surface area contributed by atoms with Crippen molar-refractivity contribution in [3.63, 3.8) is 0 Å². The fourth-order valence-electron chi connectivity index (χ4n) is 4.31. The molecular formula is C23H24N8O. The second-order valence-electron chi connectivity index (χ2n) is 8.13. The van der Waals surface area contributed by atoms with Gasteiger partial charge in [0.05, 0.1) is 17.1 Å². The quantitative estimate of drug-likeness (QED) is 0.456. The molecule has 1 unspecified atom stereocenters. The Kier molecular flexibility index (Phi) is 5.34. The summed E-state index contributed by atoms with van der Waals surface area (Å²) < 4.78 is 0. The number of fused-ring (bicyclic) bond motifs is 2. The minimum Gasteiger partial charge on any atom is -0.383 e. The van der Waals surface area contributed by atoms with E-state index in [-0.39, 0.29) is 6.04 Å². The maximum atomic E-state index is 11.9. The summed E-state index contributed by atoms with van der Waals surface area (Å²) in [6.45, 7) is 3.79. The molecular weight excluding hydrogens is 404 g/mol. The number of carbonyl (C=O) groups is 1. The normalized spacial score (nSPS) is 17.7. The third-order valence-electron chi connectivity index (χ3n) is 6.03. The number of benzene rings is 2. The van der Waals surface area contributed by atoms with Crippen molar-refractivity contribution in [1.82, 2.24) is 29.7 Å². The van der Waals surface area contributed by atoms with Crippen LogP contribution >= 0.6 is 0 Å². The number of nitrogens with zero attached hydrogens (tertiary/aromatic N) is 6. The van der Waals surface area contributed by atoms with Crippen LogP contribution in [0.25, 0.3) is 21.8 Å². The van der Waals surface area contributed by atoms with Crippen LogP contribution < -0.4 is 11.5 Å². The molecule has 2 aromatic heterocycles. The molecule has 2 aromatic carbocycles. The zero-order valence-electron chi connectivity index (χ0n) is 17.6. The highest BCUT2D eigenvalue weighted by Crippen LogP contribution is 2.22. The van der Waals surface area contributed by atoms with Crippen molar-refractivity contribution in [3.8, 4) is 0 Å². The summed E-state index contributed by atoms with van der Waals surface area (Å²) in [5.41, 5.74) is 15.7. The predicted molar refractivity (Wildman–Crippen MR) is 123 cm³/mol. The highest BCUT2D eigenvalue weighted by Gasteiger charge is 2.27. The SMILES string of the molecule is Nc1ncnc2cc(CN3CCN(Cc4ccc5c(N)ncnc5c4)C(C=O)C3)ccc12. The fraction of sp³-hybridized carbons (Fsp3) is 0.261. The molecule has 1 aliphatic heterocycles. The van der Waals surface area contributed by atoms with Crippen LogP contribution in [0, 0.1) is 0 Å². The highest BCUT2D eigenvalue weighted by atomic mass is 16.1. The van der Waals surface area contributed by atoms with Crippen molar-refractivity contribution >= 4 is 39.7 Å². The zero-order valence-corrected chi connectivity index (χ0v) is 17.6. The van der Waals surface area contributed by atoms with Crippen molar-refractivity contribution in [2.75, 3.05) is 31.1 Å². The van der Waals surface area contributed by atoms with E-state index in [0.717, 1.165) is 58.9 Å². The summed E-state index contributed by atoms with van der Waals surface area (Å²) in [6.07, 6.45) is 4.00. The van der Waals surface area contributed by atoms with Gasteiger partial charge in [0.1, 0.15) is 30.6 Å². The lowest BCUT2D eigenvalue weighted by Gasteiger charge is -2.39. The highest BCUT2D eigenvalue weighted by molar-refractivity contribution is 5.88. The number of hydrogen-bond donors (Lipinski definition) is 2. The Morgan fingerprint density at radius 2 is 1.44 bits per heavy atom. The first-order valence-corrected chi connectivity index (χ1v) is 10.5. The second-order valence-corrected chi connectivity index (χ2v) is 8.13. The van der Waals surface area contributed by atoms with Crippen LogP contribution in [0.15, 0.2) is 49.1 Å². The van der Waals surface area contributed by atoms with Gasteiger partial charge in [0, 0.05) is 43.5 Å². The topological polar surface area (TPSA) is 127 Å². The molecule has 9 heteroatoms. The second kappa shape index (κ2) is 8.45. The van der Waals surface area contributed by atoms with Crippen LogP contribution in [0.5, 0.6) is 0 Å². The van der Waals surface area contributed by atoms with Crippen LogP contribution in [0.3, 0.4) is 0 Å². The van der Waals surface area contributed by atoms with Crippen LogP contribution in [0.1, 0.15) is 11.1 Å². The van der Waals surface area contributed by atoms with Gasteiger partial charge < -0.3 is 16.3 Å². The molecule has 0 amide bonds. The molecule has 1 atom stereocenters. The van der Waals surface area contributed by atoms with Gasteiger partial charge in [0.2, 0.25) is 0 Å². The number of aldehydes is 1. The molecule has 0 spiro atoms. The average molecular weight is 429 g/mol. The molecule has 5 rings (SSSR count). The van der Waals surface area contributed by atoms with Crippen LogP contribution in [0.2, 0.25) is 0 Å². The zero-order chi connectivity index (χ0) is 22.1. The van der Waals surface area contributed by atoms with Crippen molar-refractivity contribution in [2.24, 2.45) is 0 Å². The summed E-state index contributed by atoms with van der Waals surface area (Å²) in [6, 6.07) is 11.9. The summed E-state index contributed by atoms with van der Waals surface area (Å²) in [5, 5.41) is 1.70. The summed E-state index contributed by atoms with van der Waals surface area (Å²) in [4.78, 5) is 33.1. The number of aromatic nitrogens is 4. The third kappa shape index (κ3) is 3.95. The molecule has 0 saturated carbocycles. The number of nitrogens with two attached hydrogens (primary N) is 2. The molecule has 1 saturated heterocycles. The molecule has 1 fully saturated rings. The summed E-state index contributed by atoms with van der Waals surface area (Å²) >= 11 is 0. The Hall–Kier alpha value is -3.69. The van der Waals surface area contributed by atoms with Crippen molar-refractivity contribution < 1.29 is 4.79 Å². The van der Waals surface area contributed by atoms with E-state index in [4.69, 9.17) is 11.5 Å². The molecule has 3 heterocycles. The lowest BCUT2D eigenvalue weighted by Crippen LogP contribution is -2.53. The van der Waals surface area contributed by atoms with Gasteiger partial charge >= 0.3 is 0 Å². The van der Waals surface area contributed by atoms with Crippen molar-refractivity contribution in [3.05, 3.63) is 60.2 Å². The van der Waals surface area contributed by atoms with Gasteiger partial charge in [-0.25, -0.2) is 19.9 Å². The Morgan fingerprint density at radius 1 is 0.844 bits per heavy atom. The number of nitrogen functional groups attached to an aromatic ring is 2. The van der Waals surface area contributed by atoms with Gasteiger partial charge in [-0.15, -0.1) is 0 Å². The number of rotatable bonds is 5. The first kappa shape index (κ1) is 20.2. The minimum atomic E-state index is -0.173. The van der Waals surface area contributed by atoms with E-state index in [9.17, 15) is 4.79 Å². The van der Waals surface area contributed by atoms with Gasteiger partial charge in [-0.1, -0.05) is 12.1 Å². The van der Waals surface area contributed by atoms with Gasteiger partial charge in [-0.3, -0.25) is 9.80 Å². The Bertz CT molecular complexity index is 1290. The number of carbonyl (C=O) groups excluding carboxylic acids is 1. The Balaban J connectivity index is 1.27. The molecule has 0 aliphatic carbocycles. The van der Waals surface area contributed by atoms with Gasteiger partial charge in [-0.05, 0) is 35.4 Å². The average Bonchev–Trinajstić information content (AvgIpc) is 2.80. The smallest absolute Gasteiger partial charge is 0.138 e.